The number of benzene rings is 1. The molecule has 1 heterocycles. The van der Waals surface area contributed by atoms with Gasteiger partial charge >= 0.3 is 0 Å². The molecule has 1 aliphatic rings. The summed E-state index contributed by atoms with van der Waals surface area (Å²) in [4.78, 5) is 14.1. The number of nitrogens with zero attached hydrogens (tertiary/aromatic N) is 1. The molecule has 0 spiro atoms. The van der Waals surface area contributed by atoms with E-state index in [-0.39, 0.29) is 17.6 Å². The molecule has 0 aliphatic carbocycles. The largest absolute Gasteiger partial charge is 0.333 e. The van der Waals surface area contributed by atoms with Crippen LogP contribution in [0.2, 0.25) is 0 Å². The van der Waals surface area contributed by atoms with Crippen molar-refractivity contribution in [2.24, 2.45) is 0 Å². The lowest BCUT2D eigenvalue weighted by molar-refractivity contribution is 0.0574. The summed E-state index contributed by atoms with van der Waals surface area (Å²) in [7, 11) is 0. The second-order valence-corrected chi connectivity index (χ2v) is 5.29. The maximum atomic E-state index is 13.3. The van der Waals surface area contributed by atoms with Gasteiger partial charge in [0.15, 0.2) is 17.5 Å². The van der Waals surface area contributed by atoms with Crippen molar-refractivity contribution in [3.05, 3.63) is 35.1 Å². The Morgan fingerprint density at radius 1 is 1.24 bits per heavy atom. The van der Waals surface area contributed by atoms with Gasteiger partial charge in [0.1, 0.15) is 0 Å². The number of nitrogens with one attached hydrogen (secondary N) is 1. The van der Waals surface area contributed by atoms with Gasteiger partial charge in [-0.15, -0.1) is 0 Å². The molecule has 2 unspecified atom stereocenters. The predicted octanol–water partition coefficient (Wildman–Crippen LogP) is 2.71. The van der Waals surface area contributed by atoms with Crippen LogP contribution in [0.4, 0.5) is 13.2 Å². The molecule has 1 amide bonds. The summed E-state index contributed by atoms with van der Waals surface area (Å²) in [5.41, 5.74) is -0.151. The van der Waals surface area contributed by atoms with E-state index in [2.05, 4.69) is 5.32 Å². The molecule has 0 saturated carbocycles. The Kier molecular flexibility index (Phi) is 4.88. The second kappa shape index (κ2) is 6.47. The molecular formula is C15H19F3N2O. The number of halogens is 3. The molecule has 1 aromatic rings. The summed E-state index contributed by atoms with van der Waals surface area (Å²) >= 11 is 0. The Morgan fingerprint density at radius 3 is 2.38 bits per heavy atom. The number of hydrogen-bond donors (Lipinski definition) is 1. The van der Waals surface area contributed by atoms with Gasteiger partial charge in [-0.3, -0.25) is 4.79 Å². The second-order valence-electron chi connectivity index (χ2n) is 5.29. The lowest BCUT2D eigenvalue weighted by Crippen LogP contribution is -2.57. The molecule has 2 atom stereocenters. The first kappa shape index (κ1) is 15.8. The van der Waals surface area contributed by atoms with E-state index in [9.17, 15) is 18.0 Å². The Hall–Kier alpha value is -1.56. The molecule has 2 rings (SSSR count). The first-order valence-corrected chi connectivity index (χ1v) is 7.16. The van der Waals surface area contributed by atoms with Crippen LogP contribution in [-0.2, 0) is 0 Å². The van der Waals surface area contributed by atoms with Crippen LogP contribution in [0, 0.1) is 17.5 Å². The normalized spacial score (nSPS) is 22.4. The Balaban J connectivity index is 2.28. The van der Waals surface area contributed by atoms with E-state index in [1.165, 1.54) is 0 Å². The van der Waals surface area contributed by atoms with Gasteiger partial charge in [-0.1, -0.05) is 13.8 Å². The fourth-order valence-corrected chi connectivity index (χ4v) is 2.60. The van der Waals surface area contributed by atoms with Crippen molar-refractivity contribution in [2.75, 3.05) is 13.1 Å². The fraction of sp³-hybridized carbons (Fsp3) is 0.533. The Labute approximate surface area is 122 Å². The highest BCUT2D eigenvalue weighted by Crippen LogP contribution is 2.19. The zero-order chi connectivity index (χ0) is 15.6. The van der Waals surface area contributed by atoms with E-state index in [0.717, 1.165) is 25.0 Å². The lowest BCUT2D eigenvalue weighted by atomic mass is 10.0. The number of carbonyl (C=O) groups is 1. The standard InChI is InChI=1S/C15H19F3N2O/c1-3-10-8-20(11(4-2)7-19-10)15(21)9-5-12(16)14(18)13(17)6-9/h5-6,10-11,19H,3-4,7-8H2,1-2H3. The quantitative estimate of drug-likeness (QED) is 0.871. The highest BCUT2D eigenvalue weighted by atomic mass is 19.2. The highest BCUT2D eigenvalue weighted by molar-refractivity contribution is 5.94. The fourth-order valence-electron chi connectivity index (χ4n) is 2.60. The minimum atomic E-state index is -1.55. The SMILES string of the molecule is CCC1CN(C(=O)c2cc(F)c(F)c(F)c2)C(CC)CN1. The van der Waals surface area contributed by atoms with Gasteiger partial charge in [0.25, 0.3) is 5.91 Å². The van der Waals surface area contributed by atoms with Crippen molar-refractivity contribution in [3.8, 4) is 0 Å². The highest BCUT2D eigenvalue weighted by Gasteiger charge is 2.31. The van der Waals surface area contributed by atoms with Crippen molar-refractivity contribution >= 4 is 5.91 Å². The average molecular weight is 300 g/mol. The third-order valence-electron chi connectivity index (χ3n) is 3.96. The minimum absolute atomic E-state index is 0.0310. The average Bonchev–Trinajstić information content (AvgIpc) is 2.50. The molecule has 116 valence electrons. The number of carbonyl (C=O) groups excluding carboxylic acids is 1. The molecule has 1 saturated heterocycles. The number of amides is 1. The molecule has 3 nitrogen and oxygen atoms in total. The lowest BCUT2D eigenvalue weighted by Gasteiger charge is -2.40. The van der Waals surface area contributed by atoms with Crippen molar-refractivity contribution < 1.29 is 18.0 Å². The van der Waals surface area contributed by atoms with Crippen LogP contribution in [0.3, 0.4) is 0 Å². The molecule has 0 radical (unpaired) electrons. The van der Waals surface area contributed by atoms with E-state index in [4.69, 9.17) is 0 Å². The first-order chi connectivity index (χ1) is 9.97. The van der Waals surface area contributed by atoms with E-state index in [1.807, 2.05) is 13.8 Å². The Morgan fingerprint density at radius 2 is 1.86 bits per heavy atom. The van der Waals surface area contributed by atoms with E-state index in [0.29, 0.717) is 13.1 Å². The molecule has 0 bridgehead atoms. The van der Waals surface area contributed by atoms with Crippen molar-refractivity contribution in [1.82, 2.24) is 10.2 Å². The molecule has 21 heavy (non-hydrogen) atoms. The third kappa shape index (κ3) is 3.20. The smallest absolute Gasteiger partial charge is 0.254 e. The predicted molar refractivity (Wildman–Crippen MR) is 73.5 cm³/mol. The van der Waals surface area contributed by atoms with Gasteiger partial charge in [-0.05, 0) is 25.0 Å². The monoisotopic (exact) mass is 300 g/mol. The topological polar surface area (TPSA) is 32.3 Å². The van der Waals surface area contributed by atoms with Gasteiger partial charge in [0, 0.05) is 30.7 Å². The Bertz CT molecular complexity index is 513. The molecule has 1 aliphatic heterocycles. The van der Waals surface area contributed by atoms with Gasteiger partial charge in [0.05, 0.1) is 0 Å². The first-order valence-electron chi connectivity index (χ1n) is 7.16. The molecular weight excluding hydrogens is 281 g/mol. The van der Waals surface area contributed by atoms with E-state index < -0.39 is 23.4 Å². The molecule has 6 heteroatoms. The number of hydrogen-bond acceptors (Lipinski definition) is 2. The minimum Gasteiger partial charge on any atom is -0.333 e. The van der Waals surface area contributed by atoms with Crippen LogP contribution < -0.4 is 5.32 Å². The molecule has 1 aromatic carbocycles. The third-order valence-corrected chi connectivity index (χ3v) is 3.96. The summed E-state index contributed by atoms with van der Waals surface area (Å²) in [5.74, 6) is -4.69. The summed E-state index contributed by atoms with van der Waals surface area (Å²) in [6.07, 6.45) is 1.59. The van der Waals surface area contributed by atoms with Crippen LogP contribution >= 0.6 is 0 Å². The summed E-state index contributed by atoms with van der Waals surface area (Å²) in [6, 6.07) is 1.65. The van der Waals surface area contributed by atoms with Crippen LogP contribution in [-0.4, -0.2) is 36.0 Å². The van der Waals surface area contributed by atoms with Crippen molar-refractivity contribution in [3.63, 3.8) is 0 Å². The summed E-state index contributed by atoms with van der Waals surface area (Å²) in [5, 5.41) is 3.34. The van der Waals surface area contributed by atoms with Crippen LogP contribution in [0.5, 0.6) is 0 Å². The molecule has 1 N–H and O–H groups in total. The maximum absolute atomic E-state index is 13.3. The van der Waals surface area contributed by atoms with Crippen LogP contribution in [0.25, 0.3) is 0 Å². The maximum Gasteiger partial charge on any atom is 0.254 e. The molecule has 0 aromatic heterocycles. The van der Waals surface area contributed by atoms with E-state index in [1.54, 1.807) is 4.90 Å². The van der Waals surface area contributed by atoms with Crippen LogP contribution in [0.15, 0.2) is 12.1 Å². The number of piperazine rings is 1. The van der Waals surface area contributed by atoms with Crippen molar-refractivity contribution in [2.45, 2.75) is 38.8 Å². The van der Waals surface area contributed by atoms with Crippen LogP contribution in [0.1, 0.15) is 37.0 Å². The van der Waals surface area contributed by atoms with E-state index >= 15 is 0 Å². The molecule has 1 fully saturated rings. The van der Waals surface area contributed by atoms with Gasteiger partial charge < -0.3 is 10.2 Å². The van der Waals surface area contributed by atoms with Gasteiger partial charge in [-0.25, -0.2) is 13.2 Å². The van der Waals surface area contributed by atoms with Gasteiger partial charge in [-0.2, -0.15) is 0 Å². The summed E-state index contributed by atoms with van der Waals surface area (Å²) in [6.45, 7) is 5.08. The number of rotatable bonds is 3. The summed E-state index contributed by atoms with van der Waals surface area (Å²) < 4.78 is 39.6. The van der Waals surface area contributed by atoms with Crippen molar-refractivity contribution in [1.29, 1.82) is 0 Å². The zero-order valence-corrected chi connectivity index (χ0v) is 12.1. The zero-order valence-electron chi connectivity index (χ0n) is 12.1. The van der Waals surface area contributed by atoms with Gasteiger partial charge in [0.2, 0.25) is 0 Å².